The van der Waals surface area contributed by atoms with Crippen molar-refractivity contribution in [3.05, 3.63) is 84.1 Å². The SMILES string of the molecule is CC1=C(C=CC=CC=CC=CC=CC=CC=O)C(C)(C)CCC1. The summed E-state index contributed by atoms with van der Waals surface area (Å²) in [5, 5.41) is 0. The molecule has 0 saturated heterocycles. The van der Waals surface area contributed by atoms with Crippen LogP contribution in [0.3, 0.4) is 0 Å². The van der Waals surface area contributed by atoms with Crippen LogP contribution in [0.1, 0.15) is 40.0 Å². The third-order valence-electron chi connectivity index (χ3n) is 4.00. The minimum absolute atomic E-state index is 0.301. The first kappa shape index (κ1) is 18.9. The van der Waals surface area contributed by atoms with Crippen LogP contribution in [-0.4, -0.2) is 6.29 Å². The van der Waals surface area contributed by atoms with E-state index in [4.69, 9.17) is 0 Å². The van der Waals surface area contributed by atoms with Crippen molar-refractivity contribution in [2.24, 2.45) is 5.41 Å². The Kier molecular flexibility index (Phi) is 8.67. The monoisotopic (exact) mass is 308 g/mol. The number of aldehydes is 1. The molecule has 0 N–H and O–H groups in total. The van der Waals surface area contributed by atoms with Crippen LogP contribution in [0.2, 0.25) is 0 Å². The third kappa shape index (κ3) is 7.60. The van der Waals surface area contributed by atoms with Crippen molar-refractivity contribution >= 4 is 6.29 Å². The van der Waals surface area contributed by atoms with Crippen molar-refractivity contribution in [2.45, 2.75) is 40.0 Å². The molecule has 1 aliphatic carbocycles. The summed E-state index contributed by atoms with van der Waals surface area (Å²) in [6.07, 6.45) is 27.8. The molecule has 0 aliphatic heterocycles. The van der Waals surface area contributed by atoms with Crippen LogP contribution in [0.5, 0.6) is 0 Å². The fourth-order valence-corrected chi connectivity index (χ4v) is 2.78. The number of allylic oxidation sites excluding steroid dienone is 14. The molecule has 1 heteroatoms. The van der Waals surface area contributed by atoms with Gasteiger partial charge in [0.25, 0.3) is 0 Å². The molecule has 23 heavy (non-hydrogen) atoms. The highest BCUT2D eigenvalue weighted by molar-refractivity contribution is 5.65. The molecule has 0 bridgehead atoms. The Labute approximate surface area is 141 Å². The predicted molar refractivity (Wildman–Crippen MR) is 101 cm³/mol. The van der Waals surface area contributed by atoms with Gasteiger partial charge in [-0.1, -0.05) is 86.3 Å². The van der Waals surface area contributed by atoms with Gasteiger partial charge in [-0.2, -0.15) is 0 Å². The van der Waals surface area contributed by atoms with Gasteiger partial charge in [0.1, 0.15) is 6.29 Å². The predicted octanol–water partition coefficient (Wildman–Crippen LogP) is 6.05. The molecule has 1 aliphatic rings. The van der Waals surface area contributed by atoms with Gasteiger partial charge in [0, 0.05) is 0 Å². The molecule has 0 fully saturated rings. The molecular formula is C22H28O. The molecule has 0 aromatic rings. The Morgan fingerprint density at radius 3 is 1.74 bits per heavy atom. The van der Waals surface area contributed by atoms with Gasteiger partial charge in [-0.15, -0.1) is 0 Å². The fraction of sp³-hybridized carbons (Fsp3) is 0.318. The van der Waals surface area contributed by atoms with E-state index in [-0.39, 0.29) is 0 Å². The van der Waals surface area contributed by atoms with Crippen LogP contribution in [-0.2, 0) is 4.79 Å². The Balaban J connectivity index is 2.45. The van der Waals surface area contributed by atoms with E-state index >= 15 is 0 Å². The Morgan fingerprint density at radius 2 is 1.26 bits per heavy atom. The molecule has 1 nitrogen and oxygen atoms in total. The zero-order valence-electron chi connectivity index (χ0n) is 14.5. The van der Waals surface area contributed by atoms with E-state index in [1.54, 1.807) is 6.08 Å². The Bertz CT molecular complexity index is 575. The summed E-state index contributed by atoms with van der Waals surface area (Å²) in [5.74, 6) is 0. The molecule has 1 rings (SSSR count). The topological polar surface area (TPSA) is 17.1 Å². The zero-order chi connectivity index (χ0) is 17.0. The first-order valence-corrected chi connectivity index (χ1v) is 8.23. The lowest BCUT2D eigenvalue weighted by atomic mass is 9.73. The average Bonchev–Trinajstić information content (AvgIpc) is 2.50. The molecule has 0 amide bonds. The maximum absolute atomic E-state index is 10.1. The van der Waals surface area contributed by atoms with Crippen molar-refractivity contribution in [3.63, 3.8) is 0 Å². The number of carbonyl (C=O) groups is 1. The highest BCUT2D eigenvalue weighted by Gasteiger charge is 2.26. The first-order chi connectivity index (χ1) is 11.1. The van der Waals surface area contributed by atoms with Gasteiger partial charge in [0.05, 0.1) is 0 Å². The van der Waals surface area contributed by atoms with E-state index in [1.165, 1.54) is 36.5 Å². The highest BCUT2D eigenvalue weighted by atomic mass is 16.1. The van der Waals surface area contributed by atoms with Crippen molar-refractivity contribution < 1.29 is 4.79 Å². The van der Waals surface area contributed by atoms with Crippen LogP contribution < -0.4 is 0 Å². The van der Waals surface area contributed by atoms with Gasteiger partial charge >= 0.3 is 0 Å². The van der Waals surface area contributed by atoms with Crippen LogP contribution >= 0.6 is 0 Å². The van der Waals surface area contributed by atoms with Gasteiger partial charge in [0.2, 0.25) is 0 Å². The zero-order valence-corrected chi connectivity index (χ0v) is 14.5. The summed E-state index contributed by atoms with van der Waals surface area (Å²) in [4.78, 5) is 10.1. The van der Waals surface area contributed by atoms with Gasteiger partial charge in [-0.05, 0) is 43.3 Å². The molecule has 0 radical (unpaired) electrons. The van der Waals surface area contributed by atoms with Crippen LogP contribution in [0.4, 0.5) is 0 Å². The number of hydrogen-bond donors (Lipinski definition) is 0. The smallest absolute Gasteiger partial charge is 0.142 e. The molecule has 0 heterocycles. The van der Waals surface area contributed by atoms with Crippen LogP contribution in [0.15, 0.2) is 84.1 Å². The van der Waals surface area contributed by atoms with Crippen molar-refractivity contribution in [2.75, 3.05) is 0 Å². The summed E-state index contributed by atoms with van der Waals surface area (Å²) in [7, 11) is 0. The van der Waals surface area contributed by atoms with E-state index in [2.05, 4.69) is 39.0 Å². The second kappa shape index (κ2) is 10.6. The quantitative estimate of drug-likeness (QED) is 0.318. The van der Waals surface area contributed by atoms with E-state index in [0.717, 1.165) is 6.29 Å². The molecule has 0 unspecified atom stereocenters. The molecule has 0 saturated carbocycles. The molecule has 122 valence electrons. The van der Waals surface area contributed by atoms with Gasteiger partial charge in [-0.25, -0.2) is 0 Å². The van der Waals surface area contributed by atoms with Gasteiger partial charge in [0.15, 0.2) is 0 Å². The third-order valence-corrected chi connectivity index (χ3v) is 4.00. The maximum atomic E-state index is 10.1. The average molecular weight is 308 g/mol. The molecule has 0 aromatic heterocycles. The second-order valence-corrected chi connectivity index (χ2v) is 6.35. The summed E-state index contributed by atoms with van der Waals surface area (Å²) < 4.78 is 0. The minimum Gasteiger partial charge on any atom is -0.299 e. The molecule has 0 spiro atoms. The van der Waals surface area contributed by atoms with Crippen LogP contribution in [0.25, 0.3) is 0 Å². The standard InChI is InChI=1S/C22H28O/c1-20-16-15-18-22(2,3)21(20)17-13-11-9-7-5-4-6-8-10-12-14-19-23/h4-14,17,19H,15-16,18H2,1-3H3. The highest BCUT2D eigenvalue weighted by Crippen LogP contribution is 2.40. The Hall–Kier alpha value is -2.15. The fourth-order valence-electron chi connectivity index (χ4n) is 2.78. The van der Waals surface area contributed by atoms with Gasteiger partial charge < -0.3 is 0 Å². The summed E-state index contributed by atoms with van der Waals surface area (Å²) in [5.41, 5.74) is 3.32. The summed E-state index contributed by atoms with van der Waals surface area (Å²) >= 11 is 0. The van der Waals surface area contributed by atoms with E-state index in [1.807, 2.05) is 42.5 Å². The maximum Gasteiger partial charge on any atom is 0.142 e. The Morgan fingerprint density at radius 1 is 0.783 bits per heavy atom. The van der Waals surface area contributed by atoms with E-state index in [9.17, 15) is 4.79 Å². The molecule has 0 atom stereocenters. The lowest BCUT2D eigenvalue weighted by Gasteiger charge is -2.32. The summed E-state index contributed by atoms with van der Waals surface area (Å²) in [6.45, 7) is 6.93. The van der Waals surface area contributed by atoms with Crippen molar-refractivity contribution in [1.29, 1.82) is 0 Å². The first-order valence-electron chi connectivity index (χ1n) is 8.23. The number of rotatable bonds is 7. The van der Waals surface area contributed by atoms with E-state index < -0.39 is 0 Å². The molecular weight excluding hydrogens is 280 g/mol. The number of hydrogen-bond acceptors (Lipinski definition) is 1. The largest absolute Gasteiger partial charge is 0.299 e. The normalized spacial score (nSPS) is 19.6. The lowest BCUT2D eigenvalue weighted by molar-refractivity contribution is -0.104. The van der Waals surface area contributed by atoms with Gasteiger partial charge in [-0.3, -0.25) is 4.79 Å². The molecule has 0 aromatic carbocycles. The summed E-state index contributed by atoms with van der Waals surface area (Å²) in [6, 6.07) is 0. The van der Waals surface area contributed by atoms with Crippen molar-refractivity contribution in [1.82, 2.24) is 0 Å². The number of carbonyl (C=O) groups excluding carboxylic acids is 1. The lowest BCUT2D eigenvalue weighted by Crippen LogP contribution is -2.18. The minimum atomic E-state index is 0.301. The van der Waals surface area contributed by atoms with E-state index in [0.29, 0.717) is 5.41 Å². The van der Waals surface area contributed by atoms with Crippen molar-refractivity contribution in [3.8, 4) is 0 Å². The second-order valence-electron chi connectivity index (χ2n) is 6.35. The van der Waals surface area contributed by atoms with Crippen LogP contribution in [0, 0.1) is 5.41 Å².